The SMILES string of the molecule is COC(=O)[C@H]1CC[C@H](c2nnc(-c3ccc(-c4cnc(N5CCC(OC6CCCCC6)CC5)nc4)cc3)s2)CC1. The molecule has 1 aliphatic heterocycles. The maximum absolute atomic E-state index is 11.8. The monoisotopic (exact) mass is 561 g/mol. The van der Waals surface area contributed by atoms with Crippen molar-refractivity contribution in [1.29, 1.82) is 0 Å². The van der Waals surface area contributed by atoms with Crippen LogP contribution in [0.4, 0.5) is 5.95 Å². The van der Waals surface area contributed by atoms with Gasteiger partial charge in [-0.05, 0) is 56.9 Å². The van der Waals surface area contributed by atoms with E-state index < -0.39 is 0 Å². The predicted molar refractivity (Wildman–Crippen MR) is 156 cm³/mol. The van der Waals surface area contributed by atoms with Gasteiger partial charge in [0.05, 0.1) is 25.2 Å². The number of hydrogen-bond donors (Lipinski definition) is 0. The second kappa shape index (κ2) is 12.7. The van der Waals surface area contributed by atoms with Crippen molar-refractivity contribution in [3.8, 4) is 21.7 Å². The highest BCUT2D eigenvalue weighted by atomic mass is 32.1. The maximum Gasteiger partial charge on any atom is 0.308 e. The van der Waals surface area contributed by atoms with Crippen LogP contribution < -0.4 is 4.90 Å². The van der Waals surface area contributed by atoms with Gasteiger partial charge in [-0.15, -0.1) is 10.2 Å². The van der Waals surface area contributed by atoms with Crippen molar-refractivity contribution in [1.82, 2.24) is 20.2 Å². The highest BCUT2D eigenvalue weighted by molar-refractivity contribution is 7.14. The van der Waals surface area contributed by atoms with E-state index >= 15 is 0 Å². The lowest BCUT2D eigenvalue weighted by Crippen LogP contribution is -2.39. The molecule has 2 aliphatic carbocycles. The van der Waals surface area contributed by atoms with Crippen LogP contribution in [-0.2, 0) is 14.3 Å². The third-order valence-corrected chi connectivity index (χ3v) is 9.95. The molecule has 8 nitrogen and oxygen atoms in total. The van der Waals surface area contributed by atoms with Crippen LogP contribution in [0.3, 0.4) is 0 Å². The van der Waals surface area contributed by atoms with Crippen LogP contribution in [0, 0.1) is 5.92 Å². The molecule has 3 heterocycles. The minimum Gasteiger partial charge on any atom is -0.469 e. The summed E-state index contributed by atoms with van der Waals surface area (Å²) >= 11 is 1.66. The van der Waals surface area contributed by atoms with Gasteiger partial charge in [-0.2, -0.15) is 0 Å². The molecule has 3 aromatic rings. The molecule has 212 valence electrons. The Bertz CT molecular complexity index is 1240. The Hall–Kier alpha value is -2.91. The Morgan fingerprint density at radius 1 is 0.800 bits per heavy atom. The number of methoxy groups -OCH3 is 1. The molecule has 1 aromatic carbocycles. The highest BCUT2D eigenvalue weighted by Crippen LogP contribution is 2.39. The van der Waals surface area contributed by atoms with Crippen LogP contribution in [0.1, 0.15) is 81.6 Å². The molecular weight excluding hydrogens is 522 g/mol. The lowest BCUT2D eigenvalue weighted by atomic mass is 9.82. The number of rotatable bonds is 7. The zero-order valence-corrected chi connectivity index (χ0v) is 24.2. The summed E-state index contributed by atoms with van der Waals surface area (Å²) in [4.78, 5) is 23.5. The van der Waals surface area contributed by atoms with Crippen molar-refractivity contribution in [2.24, 2.45) is 5.92 Å². The molecule has 0 N–H and O–H groups in total. The van der Waals surface area contributed by atoms with Crippen molar-refractivity contribution in [2.45, 2.75) is 88.8 Å². The fraction of sp³-hybridized carbons (Fsp3) is 0.581. The molecule has 0 radical (unpaired) electrons. The largest absolute Gasteiger partial charge is 0.469 e. The Morgan fingerprint density at radius 3 is 2.12 bits per heavy atom. The second-order valence-electron chi connectivity index (χ2n) is 11.4. The van der Waals surface area contributed by atoms with Crippen LogP contribution in [0.2, 0.25) is 0 Å². The Labute approximate surface area is 240 Å². The fourth-order valence-corrected chi connectivity index (χ4v) is 7.38. The normalized spacial score (nSPS) is 22.8. The van der Waals surface area contributed by atoms with Gasteiger partial charge in [0, 0.05) is 42.5 Å². The summed E-state index contributed by atoms with van der Waals surface area (Å²) in [6.07, 6.45) is 16.9. The van der Waals surface area contributed by atoms with E-state index in [4.69, 9.17) is 19.4 Å². The third kappa shape index (κ3) is 6.36. The summed E-state index contributed by atoms with van der Waals surface area (Å²) < 4.78 is 11.3. The number of nitrogens with zero attached hydrogens (tertiary/aromatic N) is 5. The number of aromatic nitrogens is 4. The zero-order valence-electron chi connectivity index (χ0n) is 23.3. The first-order valence-corrected chi connectivity index (χ1v) is 15.7. The van der Waals surface area contributed by atoms with Gasteiger partial charge < -0.3 is 14.4 Å². The lowest BCUT2D eigenvalue weighted by molar-refractivity contribution is -0.146. The number of carbonyl (C=O) groups excluding carboxylic acids is 1. The smallest absolute Gasteiger partial charge is 0.308 e. The highest BCUT2D eigenvalue weighted by Gasteiger charge is 2.30. The van der Waals surface area contributed by atoms with Gasteiger partial charge in [0.1, 0.15) is 10.0 Å². The minimum absolute atomic E-state index is 0.0250. The quantitative estimate of drug-likeness (QED) is 0.305. The van der Waals surface area contributed by atoms with E-state index in [2.05, 4.69) is 39.4 Å². The van der Waals surface area contributed by atoms with Crippen LogP contribution in [-0.4, -0.2) is 58.5 Å². The van der Waals surface area contributed by atoms with E-state index in [1.165, 1.54) is 39.2 Å². The first kappa shape index (κ1) is 27.3. The van der Waals surface area contributed by atoms with E-state index in [1.807, 2.05) is 12.4 Å². The van der Waals surface area contributed by atoms with Gasteiger partial charge in [-0.3, -0.25) is 4.79 Å². The van der Waals surface area contributed by atoms with E-state index in [-0.39, 0.29) is 11.9 Å². The number of hydrogen-bond acceptors (Lipinski definition) is 9. The standard InChI is InChI=1S/C31H39N5O3S/c1-38-30(37)24-13-11-23(12-14-24)29-35-34-28(40-29)22-9-7-21(8-10-22)25-19-32-31(33-20-25)36-17-15-27(16-18-36)39-26-5-3-2-4-6-26/h7-10,19-20,23-24,26-27H,2-6,11-18H2,1H3/t23-,24-. The van der Waals surface area contributed by atoms with E-state index in [9.17, 15) is 4.79 Å². The molecule has 0 unspecified atom stereocenters. The Kier molecular flexibility index (Phi) is 8.68. The number of esters is 1. The molecule has 3 fully saturated rings. The summed E-state index contributed by atoms with van der Waals surface area (Å²) in [7, 11) is 1.47. The van der Waals surface area contributed by atoms with E-state index in [1.54, 1.807) is 11.3 Å². The molecule has 40 heavy (non-hydrogen) atoms. The predicted octanol–water partition coefficient (Wildman–Crippen LogP) is 6.43. The van der Waals surface area contributed by atoms with Gasteiger partial charge >= 0.3 is 5.97 Å². The molecule has 0 atom stereocenters. The molecule has 1 saturated heterocycles. The van der Waals surface area contributed by atoms with Crippen LogP contribution in [0.25, 0.3) is 21.7 Å². The van der Waals surface area contributed by atoms with E-state index in [0.717, 1.165) is 84.3 Å². The molecule has 0 amide bonds. The van der Waals surface area contributed by atoms with Crippen molar-refractivity contribution < 1.29 is 14.3 Å². The molecular formula is C31H39N5O3S. The maximum atomic E-state index is 11.8. The van der Waals surface area contributed by atoms with Gasteiger partial charge in [0.25, 0.3) is 0 Å². The number of benzene rings is 1. The third-order valence-electron chi connectivity index (χ3n) is 8.82. The number of anilines is 1. The van der Waals surface area contributed by atoms with Gasteiger partial charge in [0.15, 0.2) is 0 Å². The lowest BCUT2D eigenvalue weighted by Gasteiger charge is -2.34. The average molecular weight is 562 g/mol. The summed E-state index contributed by atoms with van der Waals surface area (Å²) in [5, 5.41) is 11.0. The van der Waals surface area contributed by atoms with Crippen molar-refractivity contribution in [3.05, 3.63) is 41.7 Å². The van der Waals surface area contributed by atoms with E-state index in [0.29, 0.717) is 18.1 Å². The minimum atomic E-state index is -0.0867. The number of ether oxygens (including phenoxy) is 2. The van der Waals surface area contributed by atoms with Crippen molar-refractivity contribution in [2.75, 3.05) is 25.1 Å². The number of carbonyl (C=O) groups is 1. The average Bonchev–Trinajstić information content (AvgIpc) is 3.52. The molecule has 0 spiro atoms. The molecule has 3 aliphatic rings. The summed E-state index contributed by atoms with van der Waals surface area (Å²) in [5.74, 6) is 1.11. The second-order valence-corrected chi connectivity index (χ2v) is 12.5. The topological polar surface area (TPSA) is 90.3 Å². The molecule has 2 aromatic heterocycles. The molecule has 0 bridgehead atoms. The van der Waals surface area contributed by atoms with Crippen LogP contribution in [0.5, 0.6) is 0 Å². The first-order chi connectivity index (χ1) is 19.7. The molecule has 6 rings (SSSR count). The summed E-state index contributed by atoms with van der Waals surface area (Å²) in [5.41, 5.74) is 3.15. The van der Waals surface area contributed by atoms with Crippen molar-refractivity contribution >= 4 is 23.3 Å². The van der Waals surface area contributed by atoms with Gasteiger partial charge in [-0.1, -0.05) is 54.9 Å². The van der Waals surface area contributed by atoms with Crippen molar-refractivity contribution in [3.63, 3.8) is 0 Å². The Morgan fingerprint density at radius 2 is 1.45 bits per heavy atom. The molecule has 9 heteroatoms. The number of piperidine rings is 1. The summed E-state index contributed by atoms with van der Waals surface area (Å²) in [6, 6.07) is 8.40. The first-order valence-electron chi connectivity index (χ1n) is 14.9. The van der Waals surface area contributed by atoms with Crippen LogP contribution in [0.15, 0.2) is 36.7 Å². The Balaban J connectivity index is 1.02. The zero-order chi connectivity index (χ0) is 27.3. The summed E-state index contributed by atoms with van der Waals surface area (Å²) in [6.45, 7) is 1.89. The van der Waals surface area contributed by atoms with Crippen LogP contribution >= 0.6 is 11.3 Å². The van der Waals surface area contributed by atoms with Gasteiger partial charge in [0.2, 0.25) is 5.95 Å². The fourth-order valence-electron chi connectivity index (χ4n) is 6.36. The molecule has 2 saturated carbocycles. The van der Waals surface area contributed by atoms with Gasteiger partial charge in [-0.25, -0.2) is 9.97 Å².